The number of rotatable bonds is 5. The Morgan fingerprint density at radius 3 is 3.00 bits per heavy atom. The second-order valence-electron chi connectivity index (χ2n) is 6.79. The van der Waals surface area contributed by atoms with Gasteiger partial charge in [0.15, 0.2) is 0 Å². The van der Waals surface area contributed by atoms with Crippen molar-refractivity contribution in [3.05, 3.63) is 52.0 Å². The molecule has 0 spiro atoms. The van der Waals surface area contributed by atoms with Crippen molar-refractivity contribution in [2.75, 3.05) is 5.32 Å². The number of aryl methyl sites for hydroxylation is 2. The molecule has 0 saturated carbocycles. The summed E-state index contributed by atoms with van der Waals surface area (Å²) >= 11 is 1.59. The van der Waals surface area contributed by atoms with Crippen molar-refractivity contribution in [2.24, 2.45) is 0 Å². The normalized spacial score (nSPS) is 13.3. The molecule has 0 bridgehead atoms. The Balaban J connectivity index is 1.37. The molecule has 26 heavy (non-hydrogen) atoms. The second-order valence-corrected chi connectivity index (χ2v) is 7.89. The highest BCUT2D eigenvalue weighted by molar-refractivity contribution is 7.16. The minimum absolute atomic E-state index is 0.0000572. The van der Waals surface area contributed by atoms with Gasteiger partial charge in [0.1, 0.15) is 11.1 Å². The van der Waals surface area contributed by atoms with Gasteiger partial charge in [-0.25, -0.2) is 0 Å². The molecule has 0 saturated heterocycles. The van der Waals surface area contributed by atoms with E-state index in [1.807, 2.05) is 18.3 Å². The molecule has 2 aromatic heterocycles. The Morgan fingerprint density at radius 1 is 1.27 bits per heavy atom. The highest BCUT2D eigenvalue weighted by Gasteiger charge is 2.21. The lowest BCUT2D eigenvalue weighted by Crippen LogP contribution is -2.11. The average Bonchev–Trinajstić information content (AvgIpc) is 3.22. The first kappa shape index (κ1) is 16.9. The number of H-pyrrole nitrogens is 1. The number of amides is 1. The average molecular weight is 363 g/mol. The summed E-state index contributed by atoms with van der Waals surface area (Å²) in [7, 11) is 0. The summed E-state index contributed by atoms with van der Waals surface area (Å²) in [5, 5.41) is 14.4. The molecule has 2 N–H and O–H groups in total. The minimum atomic E-state index is -0.0000572. The van der Waals surface area contributed by atoms with Crippen molar-refractivity contribution < 1.29 is 4.79 Å². The van der Waals surface area contributed by atoms with Crippen LogP contribution in [0, 0.1) is 11.3 Å². The van der Waals surface area contributed by atoms with E-state index in [1.54, 1.807) is 11.3 Å². The predicted octanol–water partition coefficient (Wildman–Crippen LogP) is 4.94. The second kappa shape index (κ2) is 7.35. The Labute approximate surface area is 156 Å². The first-order valence-corrected chi connectivity index (χ1v) is 9.97. The number of carbonyl (C=O) groups excluding carboxylic acids is 1. The maximum atomic E-state index is 12.4. The van der Waals surface area contributed by atoms with E-state index in [-0.39, 0.29) is 5.91 Å². The summed E-state index contributed by atoms with van der Waals surface area (Å²) in [6, 6.07) is 10.5. The number of carbonyl (C=O) groups is 1. The first-order chi connectivity index (χ1) is 12.8. The van der Waals surface area contributed by atoms with Gasteiger partial charge < -0.3 is 10.3 Å². The van der Waals surface area contributed by atoms with Gasteiger partial charge in [-0.1, -0.05) is 18.2 Å². The van der Waals surface area contributed by atoms with E-state index in [0.29, 0.717) is 12.0 Å². The smallest absolute Gasteiger partial charge is 0.225 e. The van der Waals surface area contributed by atoms with Crippen LogP contribution in [0.3, 0.4) is 0 Å². The number of nitrogens with zero attached hydrogens (tertiary/aromatic N) is 1. The monoisotopic (exact) mass is 363 g/mol. The van der Waals surface area contributed by atoms with Gasteiger partial charge in [0.05, 0.1) is 5.56 Å². The van der Waals surface area contributed by atoms with E-state index < -0.39 is 0 Å². The molecule has 0 atom stereocenters. The van der Waals surface area contributed by atoms with E-state index >= 15 is 0 Å². The molecule has 3 aromatic rings. The number of nitrogens with one attached hydrogen (secondary N) is 2. The van der Waals surface area contributed by atoms with Gasteiger partial charge in [-0.3, -0.25) is 4.79 Å². The highest BCUT2D eigenvalue weighted by Crippen LogP contribution is 2.37. The lowest BCUT2D eigenvalue weighted by molar-refractivity contribution is -0.116. The van der Waals surface area contributed by atoms with Crippen molar-refractivity contribution in [3.63, 3.8) is 0 Å². The summed E-state index contributed by atoms with van der Waals surface area (Å²) in [6.07, 6.45) is 8.46. The molecule has 132 valence electrons. The molecule has 1 aromatic carbocycles. The van der Waals surface area contributed by atoms with Crippen LogP contribution in [0.15, 0.2) is 30.5 Å². The SMILES string of the molecule is N#Cc1c(NC(=O)CCCc2c[nH]c3ccccc23)sc2c1CCCC2. The maximum absolute atomic E-state index is 12.4. The number of hydrogen-bond acceptors (Lipinski definition) is 3. The topological polar surface area (TPSA) is 68.7 Å². The van der Waals surface area contributed by atoms with Crippen LogP contribution in [0.4, 0.5) is 5.00 Å². The summed E-state index contributed by atoms with van der Waals surface area (Å²) in [6.45, 7) is 0. The number of fused-ring (bicyclic) bond motifs is 2. The van der Waals surface area contributed by atoms with Crippen LogP contribution in [0.1, 0.15) is 47.3 Å². The summed E-state index contributed by atoms with van der Waals surface area (Å²) in [4.78, 5) is 16.9. The number of anilines is 1. The van der Waals surface area contributed by atoms with E-state index in [1.165, 1.54) is 22.2 Å². The molecular weight excluding hydrogens is 342 g/mol. The lowest BCUT2D eigenvalue weighted by atomic mass is 9.96. The largest absolute Gasteiger partial charge is 0.361 e. The fourth-order valence-electron chi connectivity index (χ4n) is 3.74. The highest BCUT2D eigenvalue weighted by atomic mass is 32.1. The quantitative estimate of drug-likeness (QED) is 0.674. The first-order valence-electron chi connectivity index (χ1n) is 9.15. The molecule has 4 nitrogen and oxygen atoms in total. The van der Waals surface area contributed by atoms with Crippen LogP contribution in [0.2, 0.25) is 0 Å². The third kappa shape index (κ3) is 3.25. The molecule has 0 radical (unpaired) electrons. The molecule has 4 rings (SSSR count). The molecule has 0 unspecified atom stereocenters. The molecule has 0 aliphatic heterocycles. The Morgan fingerprint density at radius 2 is 2.12 bits per heavy atom. The Bertz CT molecular complexity index is 993. The van der Waals surface area contributed by atoms with Crippen molar-refractivity contribution in [1.82, 2.24) is 4.98 Å². The van der Waals surface area contributed by atoms with Crippen LogP contribution in [-0.4, -0.2) is 10.9 Å². The van der Waals surface area contributed by atoms with Crippen molar-refractivity contribution in [1.29, 1.82) is 5.26 Å². The van der Waals surface area contributed by atoms with Gasteiger partial charge in [-0.2, -0.15) is 5.26 Å². The Kier molecular flexibility index (Phi) is 4.77. The van der Waals surface area contributed by atoms with Crippen LogP contribution in [-0.2, 0) is 24.1 Å². The van der Waals surface area contributed by atoms with Gasteiger partial charge in [0.25, 0.3) is 0 Å². The lowest BCUT2D eigenvalue weighted by Gasteiger charge is -2.09. The molecule has 1 aliphatic carbocycles. The number of nitriles is 1. The van der Waals surface area contributed by atoms with Crippen LogP contribution in [0.25, 0.3) is 10.9 Å². The van der Waals surface area contributed by atoms with Gasteiger partial charge in [0.2, 0.25) is 5.91 Å². The maximum Gasteiger partial charge on any atom is 0.225 e. The zero-order valence-electron chi connectivity index (χ0n) is 14.6. The van der Waals surface area contributed by atoms with E-state index in [0.717, 1.165) is 48.2 Å². The number of aromatic nitrogens is 1. The van der Waals surface area contributed by atoms with Crippen molar-refractivity contribution in [3.8, 4) is 6.07 Å². The van der Waals surface area contributed by atoms with Crippen molar-refractivity contribution >= 4 is 33.1 Å². The molecule has 1 amide bonds. The van der Waals surface area contributed by atoms with Gasteiger partial charge >= 0.3 is 0 Å². The van der Waals surface area contributed by atoms with E-state index in [9.17, 15) is 10.1 Å². The molecule has 0 fully saturated rings. The third-order valence-corrected chi connectivity index (χ3v) is 6.27. The number of hydrogen-bond donors (Lipinski definition) is 2. The van der Waals surface area contributed by atoms with Crippen LogP contribution >= 0.6 is 11.3 Å². The van der Waals surface area contributed by atoms with Crippen molar-refractivity contribution in [2.45, 2.75) is 44.9 Å². The number of thiophene rings is 1. The summed E-state index contributed by atoms with van der Waals surface area (Å²) < 4.78 is 0. The number of aromatic amines is 1. The van der Waals surface area contributed by atoms with E-state index in [2.05, 4.69) is 28.5 Å². The number of benzene rings is 1. The molecule has 5 heteroatoms. The van der Waals surface area contributed by atoms with Gasteiger partial charge in [-0.15, -0.1) is 11.3 Å². The predicted molar refractivity (Wildman–Crippen MR) is 106 cm³/mol. The fourth-order valence-corrected chi connectivity index (χ4v) is 5.00. The fraction of sp³-hybridized carbons (Fsp3) is 0.333. The van der Waals surface area contributed by atoms with Crippen LogP contribution < -0.4 is 5.32 Å². The van der Waals surface area contributed by atoms with E-state index in [4.69, 9.17) is 0 Å². The summed E-state index contributed by atoms with van der Waals surface area (Å²) in [5.41, 5.74) is 4.24. The standard InChI is InChI=1S/C21H21N3OS/c22-12-17-16-8-2-4-10-19(16)26-21(17)24-20(25)11-5-6-14-13-23-18-9-3-1-7-15(14)18/h1,3,7,9,13,23H,2,4-6,8,10-11H2,(H,24,25). The van der Waals surface area contributed by atoms with Gasteiger partial charge in [0, 0.05) is 28.4 Å². The summed E-state index contributed by atoms with van der Waals surface area (Å²) in [5.74, 6) is -0.0000572. The number of para-hydroxylation sites is 1. The minimum Gasteiger partial charge on any atom is -0.361 e. The molecule has 1 aliphatic rings. The zero-order chi connectivity index (χ0) is 17.9. The van der Waals surface area contributed by atoms with Crippen LogP contribution in [0.5, 0.6) is 0 Å². The third-order valence-electron chi connectivity index (χ3n) is 5.06. The van der Waals surface area contributed by atoms with Gasteiger partial charge in [-0.05, 0) is 55.7 Å². The molecule has 2 heterocycles. The zero-order valence-corrected chi connectivity index (χ0v) is 15.4. The molecular formula is C21H21N3OS. The Hall–Kier alpha value is -2.58.